The highest BCUT2D eigenvalue weighted by Crippen LogP contribution is 2.18. The van der Waals surface area contributed by atoms with Crippen LogP contribution in [-0.4, -0.2) is 47.6 Å². The Morgan fingerprint density at radius 3 is 2.57 bits per heavy atom. The van der Waals surface area contributed by atoms with E-state index in [-0.39, 0.29) is 17.0 Å². The fourth-order valence-electron chi connectivity index (χ4n) is 2.70. The fourth-order valence-corrected chi connectivity index (χ4v) is 2.70. The fraction of sp³-hybridized carbons (Fsp3) is 0.500. The minimum absolute atomic E-state index is 0.0465. The van der Waals surface area contributed by atoms with E-state index in [4.69, 9.17) is 5.11 Å². The first kappa shape index (κ1) is 15.5. The van der Waals surface area contributed by atoms with Crippen molar-refractivity contribution in [1.29, 1.82) is 0 Å². The van der Waals surface area contributed by atoms with Crippen molar-refractivity contribution in [3.05, 3.63) is 35.4 Å². The molecule has 21 heavy (non-hydrogen) atoms. The molecule has 0 bridgehead atoms. The Balaban J connectivity index is 1.93. The van der Waals surface area contributed by atoms with Gasteiger partial charge in [0.2, 0.25) is 0 Å². The maximum atomic E-state index is 12.2. The molecular weight excluding hydrogens is 268 g/mol. The second kappa shape index (κ2) is 6.72. The molecule has 0 aliphatic carbocycles. The highest BCUT2D eigenvalue weighted by Gasteiger charge is 2.25. The second-order valence-electron chi connectivity index (χ2n) is 5.80. The molecule has 114 valence electrons. The largest absolute Gasteiger partial charge is 0.478 e. The van der Waals surface area contributed by atoms with Crippen LogP contribution in [0.5, 0.6) is 0 Å². The van der Waals surface area contributed by atoms with Crippen LogP contribution in [-0.2, 0) is 0 Å². The molecule has 1 fully saturated rings. The predicted molar refractivity (Wildman–Crippen MR) is 80.6 cm³/mol. The molecule has 1 atom stereocenters. The van der Waals surface area contributed by atoms with Crippen molar-refractivity contribution in [1.82, 2.24) is 10.2 Å². The summed E-state index contributed by atoms with van der Waals surface area (Å²) in [6.45, 7) is 6.98. The van der Waals surface area contributed by atoms with E-state index in [1.807, 2.05) is 0 Å². The Morgan fingerprint density at radius 2 is 2.00 bits per heavy atom. The summed E-state index contributed by atoms with van der Waals surface area (Å²) in [5.41, 5.74) is 0.272. The number of hydrogen-bond donors (Lipinski definition) is 2. The summed E-state index contributed by atoms with van der Waals surface area (Å²) in [5.74, 6) is -0.947. The summed E-state index contributed by atoms with van der Waals surface area (Å²) < 4.78 is 0. The van der Waals surface area contributed by atoms with E-state index in [1.165, 1.54) is 6.07 Å². The van der Waals surface area contributed by atoms with Gasteiger partial charge in [0.15, 0.2) is 0 Å². The van der Waals surface area contributed by atoms with Gasteiger partial charge in [-0.25, -0.2) is 4.79 Å². The number of nitrogens with one attached hydrogen (secondary N) is 1. The minimum atomic E-state index is -1.08. The number of carboxylic acid groups (broad SMARTS) is 1. The molecule has 2 N–H and O–H groups in total. The van der Waals surface area contributed by atoms with Gasteiger partial charge in [-0.1, -0.05) is 12.1 Å². The van der Waals surface area contributed by atoms with Crippen molar-refractivity contribution in [2.45, 2.75) is 26.3 Å². The Bertz CT molecular complexity index is 528. The molecule has 0 radical (unpaired) electrons. The third-order valence-corrected chi connectivity index (χ3v) is 4.00. The molecule has 0 spiro atoms. The van der Waals surface area contributed by atoms with Gasteiger partial charge in [-0.2, -0.15) is 0 Å². The van der Waals surface area contributed by atoms with Gasteiger partial charge in [-0.3, -0.25) is 4.79 Å². The average Bonchev–Trinajstić information content (AvgIpc) is 2.94. The van der Waals surface area contributed by atoms with Crippen molar-refractivity contribution >= 4 is 11.9 Å². The standard InChI is InChI=1S/C16H22N2O3/c1-11(2)18-8-7-12(10-18)9-17-15(19)13-5-3-4-6-14(13)16(20)21/h3-6,11-12H,7-10H2,1-2H3,(H,17,19)(H,20,21). The molecule has 1 aliphatic rings. The van der Waals surface area contributed by atoms with Crippen LogP contribution in [0.25, 0.3) is 0 Å². The molecule has 1 amide bonds. The van der Waals surface area contributed by atoms with Crippen LogP contribution < -0.4 is 5.32 Å². The lowest BCUT2D eigenvalue weighted by Crippen LogP contribution is -2.33. The summed E-state index contributed by atoms with van der Waals surface area (Å²) in [6, 6.07) is 6.83. The Kier molecular flexibility index (Phi) is 4.96. The minimum Gasteiger partial charge on any atom is -0.478 e. The van der Waals surface area contributed by atoms with Crippen LogP contribution in [0.1, 0.15) is 41.0 Å². The van der Waals surface area contributed by atoms with Crippen molar-refractivity contribution in [2.24, 2.45) is 5.92 Å². The molecule has 1 saturated heterocycles. The van der Waals surface area contributed by atoms with Crippen LogP contribution in [0.4, 0.5) is 0 Å². The molecule has 0 saturated carbocycles. The molecule has 5 nitrogen and oxygen atoms in total. The SMILES string of the molecule is CC(C)N1CCC(CNC(=O)c2ccccc2C(=O)O)C1. The van der Waals surface area contributed by atoms with Gasteiger partial charge in [-0.05, 0) is 44.9 Å². The van der Waals surface area contributed by atoms with Crippen LogP contribution in [0.3, 0.4) is 0 Å². The van der Waals surface area contributed by atoms with Gasteiger partial charge in [0.25, 0.3) is 5.91 Å². The quantitative estimate of drug-likeness (QED) is 0.868. The van der Waals surface area contributed by atoms with E-state index in [9.17, 15) is 9.59 Å². The molecule has 1 aromatic carbocycles. The number of rotatable bonds is 5. The molecular formula is C16H22N2O3. The molecule has 0 aromatic heterocycles. The number of nitrogens with zero attached hydrogens (tertiary/aromatic N) is 1. The first-order chi connectivity index (χ1) is 9.99. The summed E-state index contributed by atoms with van der Waals surface area (Å²) >= 11 is 0. The monoisotopic (exact) mass is 290 g/mol. The average molecular weight is 290 g/mol. The molecule has 1 aromatic rings. The van der Waals surface area contributed by atoms with Crippen molar-refractivity contribution in [3.63, 3.8) is 0 Å². The van der Waals surface area contributed by atoms with Gasteiger partial charge in [0.05, 0.1) is 11.1 Å². The van der Waals surface area contributed by atoms with Gasteiger partial charge in [-0.15, -0.1) is 0 Å². The van der Waals surface area contributed by atoms with Gasteiger partial charge in [0, 0.05) is 19.1 Å². The zero-order valence-corrected chi connectivity index (χ0v) is 12.5. The van der Waals surface area contributed by atoms with Crippen LogP contribution in [0.2, 0.25) is 0 Å². The van der Waals surface area contributed by atoms with E-state index in [0.29, 0.717) is 18.5 Å². The lowest BCUT2D eigenvalue weighted by atomic mass is 10.1. The summed E-state index contributed by atoms with van der Waals surface area (Å²) in [5, 5.41) is 12.0. The number of hydrogen-bond acceptors (Lipinski definition) is 3. The van der Waals surface area contributed by atoms with E-state index in [1.54, 1.807) is 18.2 Å². The third-order valence-electron chi connectivity index (χ3n) is 4.00. The number of aromatic carboxylic acids is 1. The topological polar surface area (TPSA) is 69.6 Å². The lowest BCUT2D eigenvalue weighted by Gasteiger charge is -2.20. The van der Waals surface area contributed by atoms with E-state index < -0.39 is 5.97 Å². The lowest BCUT2D eigenvalue weighted by molar-refractivity contribution is 0.0691. The number of carbonyl (C=O) groups is 2. The van der Waals surface area contributed by atoms with Gasteiger partial charge >= 0.3 is 5.97 Å². The highest BCUT2D eigenvalue weighted by atomic mass is 16.4. The molecule has 1 heterocycles. The number of likely N-dealkylation sites (tertiary alicyclic amines) is 1. The first-order valence-corrected chi connectivity index (χ1v) is 7.33. The zero-order chi connectivity index (χ0) is 15.4. The van der Waals surface area contributed by atoms with Crippen LogP contribution in [0.15, 0.2) is 24.3 Å². The number of benzene rings is 1. The van der Waals surface area contributed by atoms with Crippen molar-refractivity contribution in [2.75, 3.05) is 19.6 Å². The summed E-state index contributed by atoms with van der Waals surface area (Å²) in [6.07, 6.45) is 1.07. The Labute approximate surface area is 125 Å². The van der Waals surface area contributed by atoms with E-state index >= 15 is 0 Å². The number of carbonyl (C=O) groups excluding carboxylic acids is 1. The van der Waals surface area contributed by atoms with Gasteiger partial charge in [0.1, 0.15) is 0 Å². The van der Waals surface area contributed by atoms with Crippen molar-refractivity contribution < 1.29 is 14.7 Å². The summed E-state index contributed by atoms with van der Waals surface area (Å²) in [7, 11) is 0. The third kappa shape index (κ3) is 3.82. The van der Waals surface area contributed by atoms with Crippen LogP contribution in [0, 0.1) is 5.92 Å². The Hall–Kier alpha value is -1.88. The van der Waals surface area contributed by atoms with E-state index in [0.717, 1.165) is 19.5 Å². The summed E-state index contributed by atoms with van der Waals surface area (Å²) in [4.78, 5) is 25.7. The second-order valence-corrected chi connectivity index (χ2v) is 5.80. The smallest absolute Gasteiger partial charge is 0.336 e. The normalized spacial score (nSPS) is 18.9. The van der Waals surface area contributed by atoms with Crippen molar-refractivity contribution in [3.8, 4) is 0 Å². The van der Waals surface area contributed by atoms with E-state index in [2.05, 4.69) is 24.1 Å². The first-order valence-electron chi connectivity index (χ1n) is 7.33. The molecule has 1 unspecified atom stereocenters. The zero-order valence-electron chi connectivity index (χ0n) is 12.5. The van der Waals surface area contributed by atoms with Gasteiger partial charge < -0.3 is 15.3 Å². The maximum Gasteiger partial charge on any atom is 0.336 e. The number of carboxylic acids is 1. The van der Waals surface area contributed by atoms with Crippen LogP contribution >= 0.6 is 0 Å². The Morgan fingerprint density at radius 1 is 1.33 bits per heavy atom. The molecule has 5 heteroatoms. The molecule has 2 rings (SSSR count). The maximum absolute atomic E-state index is 12.2. The number of amides is 1. The highest BCUT2D eigenvalue weighted by molar-refractivity contribution is 6.04. The predicted octanol–water partition coefficient (Wildman–Crippen LogP) is 1.84. The molecule has 1 aliphatic heterocycles.